The minimum atomic E-state index is -0.0772. The molecule has 0 N–H and O–H groups in total. The summed E-state index contributed by atoms with van der Waals surface area (Å²) in [5, 5.41) is 0. The van der Waals surface area contributed by atoms with Crippen molar-refractivity contribution < 1.29 is 9.59 Å². The van der Waals surface area contributed by atoms with Gasteiger partial charge in [0.05, 0.1) is 5.57 Å². The summed E-state index contributed by atoms with van der Waals surface area (Å²) in [5.41, 5.74) is 3.32. The van der Waals surface area contributed by atoms with Crippen LogP contribution in [0.4, 0.5) is 0 Å². The van der Waals surface area contributed by atoms with Gasteiger partial charge in [-0.25, -0.2) is 0 Å². The van der Waals surface area contributed by atoms with Gasteiger partial charge in [-0.15, -0.1) is 0 Å². The Balaban J connectivity index is 1.75. The molecule has 4 rings (SSSR count). The third-order valence-corrected chi connectivity index (χ3v) is 6.81. The first kappa shape index (κ1) is 20.2. The average molecular weight is 395 g/mol. The van der Waals surface area contributed by atoms with Gasteiger partial charge in [0.15, 0.2) is 0 Å². The molecule has 4 nitrogen and oxygen atoms in total. The van der Waals surface area contributed by atoms with Crippen LogP contribution in [0.3, 0.4) is 0 Å². The number of nitrogens with zero attached hydrogens (tertiary/aromatic N) is 2. The predicted molar refractivity (Wildman–Crippen MR) is 116 cm³/mol. The van der Waals surface area contributed by atoms with Crippen LogP contribution in [0.2, 0.25) is 0 Å². The van der Waals surface area contributed by atoms with Crippen molar-refractivity contribution in [1.29, 1.82) is 0 Å². The summed E-state index contributed by atoms with van der Waals surface area (Å²) in [7, 11) is 0. The molecule has 2 atom stereocenters. The molecule has 1 saturated heterocycles. The SMILES string of the molecule is Cc1ccc(C2=C(N3CC(C)CC(C)C3)C(=O)N(C3CCCCCC3)C2=O)cc1. The number of likely N-dealkylation sites (tertiary alicyclic amines) is 1. The van der Waals surface area contributed by atoms with Gasteiger partial charge in [0.2, 0.25) is 0 Å². The molecule has 2 heterocycles. The third-order valence-electron chi connectivity index (χ3n) is 6.81. The molecule has 0 spiro atoms. The highest BCUT2D eigenvalue weighted by Crippen LogP contribution is 2.38. The first-order chi connectivity index (χ1) is 14.0. The maximum Gasteiger partial charge on any atom is 0.278 e. The van der Waals surface area contributed by atoms with Gasteiger partial charge >= 0.3 is 0 Å². The zero-order chi connectivity index (χ0) is 20.5. The van der Waals surface area contributed by atoms with Crippen molar-refractivity contribution in [2.75, 3.05) is 13.1 Å². The number of carbonyl (C=O) groups excluding carboxylic acids is 2. The maximum atomic E-state index is 13.7. The third kappa shape index (κ3) is 3.99. The molecule has 29 heavy (non-hydrogen) atoms. The lowest BCUT2D eigenvalue weighted by Crippen LogP contribution is -2.44. The summed E-state index contributed by atoms with van der Waals surface area (Å²) in [6, 6.07) is 8.13. The van der Waals surface area contributed by atoms with E-state index < -0.39 is 0 Å². The summed E-state index contributed by atoms with van der Waals surface area (Å²) in [4.78, 5) is 31.2. The molecule has 1 aromatic carbocycles. The van der Waals surface area contributed by atoms with Crippen LogP contribution in [0.25, 0.3) is 5.57 Å². The van der Waals surface area contributed by atoms with E-state index in [1.54, 1.807) is 4.90 Å². The second-order valence-electron chi connectivity index (χ2n) is 9.57. The number of carbonyl (C=O) groups is 2. The lowest BCUT2D eigenvalue weighted by Gasteiger charge is -2.37. The summed E-state index contributed by atoms with van der Waals surface area (Å²) in [6.45, 7) is 8.25. The van der Waals surface area contributed by atoms with Gasteiger partial charge in [-0.2, -0.15) is 0 Å². The number of hydrogen-bond acceptors (Lipinski definition) is 3. The van der Waals surface area contributed by atoms with Crippen LogP contribution in [-0.2, 0) is 9.59 Å². The molecule has 1 aromatic rings. The summed E-state index contributed by atoms with van der Waals surface area (Å²) in [5.74, 6) is 0.922. The van der Waals surface area contributed by atoms with Crippen molar-refractivity contribution in [2.24, 2.45) is 11.8 Å². The van der Waals surface area contributed by atoms with Crippen LogP contribution in [0, 0.1) is 18.8 Å². The van der Waals surface area contributed by atoms with Crippen molar-refractivity contribution in [3.8, 4) is 0 Å². The Morgan fingerprint density at radius 2 is 1.41 bits per heavy atom. The number of hydrogen-bond donors (Lipinski definition) is 0. The van der Waals surface area contributed by atoms with E-state index in [0.29, 0.717) is 23.1 Å². The summed E-state index contributed by atoms with van der Waals surface area (Å²) >= 11 is 0. The first-order valence-electron chi connectivity index (χ1n) is 11.4. The Kier molecular flexibility index (Phi) is 5.80. The number of benzene rings is 1. The Hall–Kier alpha value is -2.10. The highest BCUT2D eigenvalue weighted by atomic mass is 16.2. The van der Waals surface area contributed by atoms with Crippen LogP contribution >= 0.6 is 0 Å². The van der Waals surface area contributed by atoms with Crippen molar-refractivity contribution in [3.63, 3.8) is 0 Å². The Morgan fingerprint density at radius 3 is 2.00 bits per heavy atom. The summed E-state index contributed by atoms with van der Waals surface area (Å²) < 4.78 is 0. The number of aryl methyl sites for hydroxylation is 1. The molecule has 0 radical (unpaired) electrons. The molecular weight excluding hydrogens is 360 g/mol. The van der Waals surface area contributed by atoms with Gasteiger partial charge in [0, 0.05) is 19.1 Å². The fourth-order valence-corrected chi connectivity index (χ4v) is 5.50. The molecule has 2 amide bonds. The lowest BCUT2D eigenvalue weighted by atomic mass is 9.91. The Morgan fingerprint density at radius 1 is 0.828 bits per heavy atom. The second-order valence-corrected chi connectivity index (χ2v) is 9.57. The van der Waals surface area contributed by atoms with Gasteiger partial charge in [-0.05, 0) is 43.6 Å². The van der Waals surface area contributed by atoms with E-state index in [4.69, 9.17) is 0 Å². The van der Waals surface area contributed by atoms with Crippen molar-refractivity contribution in [2.45, 2.75) is 71.8 Å². The fourth-order valence-electron chi connectivity index (χ4n) is 5.50. The van der Waals surface area contributed by atoms with Crippen LogP contribution < -0.4 is 0 Å². The molecule has 2 fully saturated rings. The fraction of sp³-hybridized carbons (Fsp3) is 0.600. The molecule has 3 aliphatic rings. The molecule has 156 valence electrons. The highest BCUT2D eigenvalue weighted by molar-refractivity contribution is 6.35. The molecule has 0 bridgehead atoms. The van der Waals surface area contributed by atoms with Crippen molar-refractivity contribution >= 4 is 17.4 Å². The van der Waals surface area contributed by atoms with Crippen LogP contribution in [0.5, 0.6) is 0 Å². The van der Waals surface area contributed by atoms with E-state index in [0.717, 1.165) is 49.9 Å². The minimum Gasteiger partial charge on any atom is -0.366 e. The zero-order valence-corrected chi connectivity index (χ0v) is 18.1. The number of amides is 2. The van der Waals surface area contributed by atoms with Gasteiger partial charge in [-0.3, -0.25) is 14.5 Å². The summed E-state index contributed by atoms with van der Waals surface area (Å²) in [6.07, 6.45) is 7.69. The zero-order valence-electron chi connectivity index (χ0n) is 18.1. The normalized spacial score (nSPS) is 27.0. The smallest absolute Gasteiger partial charge is 0.278 e. The van der Waals surface area contributed by atoms with E-state index in [-0.39, 0.29) is 17.9 Å². The van der Waals surface area contributed by atoms with E-state index in [9.17, 15) is 9.59 Å². The Labute approximate surface area is 175 Å². The second kappa shape index (κ2) is 8.33. The van der Waals surface area contributed by atoms with Gasteiger partial charge in [-0.1, -0.05) is 69.4 Å². The van der Waals surface area contributed by atoms with E-state index in [1.165, 1.54) is 19.3 Å². The minimum absolute atomic E-state index is 0.0510. The molecule has 2 unspecified atom stereocenters. The Bertz CT molecular complexity index is 793. The quantitative estimate of drug-likeness (QED) is 0.547. The van der Waals surface area contributed by atoms with Gasteiger partial charge < -0.3 is 4.90 Å². The van der Waals surface area contributed by atoms with E-state index in [1.807, 2.05) is 31.2 Å². The standard InChI is InChI=1S/C25H34N2O2/c1-17-10-12-20(13-11-17)22-23(26-15-18(2)14-19(3)16-26)25(29)27(24(22)28)21-8-6-4-5-7-9-21/h10-13,18-19,21H,4-9,14-16H2,1-3H3. The number of imide groups is 1. The van der Waals surface area contributed by atoms with E-state index >= 15 is 0 Å². The van der Waals surface area contributed by atoms with Crippen molar-refractivity contribution in [1.82, 2.24) is 9.80 Å². The molecule has 0 aromatic heterocycles. The van der Waals surface area contributed by atoms with Crippen LogP contribution in [0.1, 0.15) is 69.9 Å². The van der Waals surface area contributed by atoms with Crippen LogP contribution in [-0.4, -0.2) is 40.7 Å². The number of rotatable bonds is 3. The molecular formula is C25H34N2O2. The largest absolute Gasteiger partial charge is 0.366 e. The lowest BCUT2D eigenvalue weighted by molar-refractivity contribution is -0.140. The molecule has 4 heteroatoms. The highest BCUT2D eigenvalue weighted by Gasteiger charge is 2.45. The molecule has 1 aliphatic carbocycles. The van der Waals surface area contributed by atoms with Crippen molar-refractivity contribution in [3.05, 3.63) is 41.1 Å². The van der Waals surface area contributed by atoms with Gasteiger partial charge in [0.25, 0.3) is 11.8 Å². The average Bonchev–Trinajstić information content (AvgIpc) is 2.83. The van der Waals surface area contributed by atoms with E-state index in [2.05, 4.69) is 18.7 Å². The molecule has 2 aliphatic heterocycles. The van der Waals surface area contributed by atoms with Gasteiger partial charge in [0.1, 0.15) is 5.70 Å². The van der Waals surface area contributed by atoms with Crippen LogP contribution in [0.15, 0.2) is 30.0 Å². The number of piperidine rings is 1. The topological polar surface area (TPSA) is 40.6 Å². The predicted octanol–water partition coefficient (Wildman–Crippen LogP) is 4.78. The first-order valence-corrected chi connectivity index (χ1v) is 11.4. The molecule has 1 saturated carbocycles. The monoisotopic (exact) mass is 394 g/mol. The maximum absolute atomic E-state index is 13.7.